The fourth-order valence-corrected chi connectivity index (χ4v) is 1.71. The highest BCUT2D eigenvalue weighted by molar-refractivity contribution is 5.75. The van der Waals surface area contributed by atoms with Crippen LogP contribution in [0.25, 0.3) is 0 Å². The first-order valence-corrected chi connectivity index (χ1v) is 6.22. The van der Waals surface area contributed by atoms with Gasteiger partial charge in [-0.25, -0.2) is 0 Å². The second kappa shape index (κ2) is 7.41. The molecule has 0 aliphatic rings. The quantitative estimate of drug-likeness (QED) is 0.739. The Hall–Kier alpha value is -2.04. The summed E-state index contributed by atoms with van der Waals surface area (Å²) in [6.45, 7) is 0.484. The van der Waals surface area contributed by atoms with Crippen LogP contribution in [0.5, 0.6) is 5.75 Å². The van der Waals surface area contributed by atoms with Crippen LogP contribution in [0.3, 0.4) is 0 Å². The first-order chi connectivity index (χ1) is 8.99. The van der Waals surface area contributed by atoms with E-state index in [2.05, 4.69) is 0 Å². The number of nitrogens with zero attached hydrogens (tertiary/aromatic N) is 1. The third-order valence-corrected chi connectivity index (χ3v) is 2.81. The van der Waals surface area contributed by atoms with Gasteiger partial charge >= 0.3 is 5.97 Å². The second-order valence-electron chi connectivity index (χ2n) is 4.52. The van der Waals surface area contributed by atoms with Crippen molar-refractivity contribution in [3.8, 4) is 5.75 Å². The monoisotopic (exact) mass is 265 g/mol. The Morgan fingerprint density at radius 3 is 2.26 bits per heavy atom. The van der Waals surface area contributed by atoms with Crippen LogP contribution in [0.4, 0.5) is 0 Å². The molecule has 0 radical (unpaired) electrons. The molecule has 1 rings (SSSR count). The maximum Gasteiger partial charge on any atom is 0.303 e. The minimum atomic E-state index is -0.829. The van der Waals surface area contributed by atoms with Gasteiger partial charge in [0.2, 0.25) is 5.91 Å². The first kappa shape index (κ1) is 15.0. The Bertz CT molecular complexity index is 428. The topological polar surface area (TPSA) is 77.8 Å². The van der Waals surface area contributed by atoms with Gasteiger partial charge in [0.1, 0.15) is 5.75 Å². The molecule has 0 aliphatic heterocycles. The van der Waals surface area contributed by atoms with Crippen molar-refractivity contribution in [3.63, 3.8) is 0 Å². The van der Waals surface area contributed by atoms with Gasteiger partial charge in [0, 0.05) is 26.4 Å². The van der Waals surface area contributed by atoms with Gasteiger partial charge in [0.15, 0.2) is 0 Å². The minimum Gasteiger partial charge on any atom is -0.508 e. The van der Waals surface area contributed by atoms with Crippen molar-refractivity contribution in [1.82, 2.24) is 4.90 Å². The molecule has 0 saturated heterocycles. The molecule has 2 N–H and O–H groups in total. The van der Waals surface area contributed by atoms with Crippen LogP contribution in [0.1, 0.15) is 31.2 Å². The largest absolute Gasteiger partial charge is 0.508 e. The van der Waals surface area contributed by atoms with E-state index in [1.54, 1.807) is 36.2 Å². The molecule has 1 aromatic rings. The summed E-state index contributed by atoms with van der Waals surface area (Å²) in [5.41, 5.74) is 0.944. The van der Waals surface area contributed by atoms with Gasteiger partial charge in [0.05, 0.1) is 0 Å². The lowest BCUT2D eigenvalue weighted by molar-refractivity contribution is -0.137. The Morgan fingerprint density at radius 1 is 1.11 bits per heavy atom. The molecule has 0 aromatic heterocycles. The predicted molar refractivity (Wildman–Crippen MR) is 70.7 cm³/mol. The minimum absolute atomic E-state index is 0.00142. The molecule has 5 nitrogen and oxygen atoms in total. The molecular weight excluding hydrogens is 246 g/mol. The summed E-state index contributed by atoms with van der Waals surface area (Å²) < 4.78 is 0. The van der Waals surface area contributed by atoms with Crippen molar-refractivity contribution < 1.29 is 19.8 Å². The van der Waals surface area contributed by atoms with Crippen LogP contribution in [0.2, 0.25) is 0 Å². The summed E-state index contributed by atoms with van der Waals surface area (Å²) in [6.07, 6.45) is 1.58. The van der Waals surface area contributed by atoms with Crippen molar-refractivity contribution >= 4 is 11.9 Å². The number of carboxylic acid groups (broad SMARTS) is 1. The van der Waals surface area contributed by atoms with E-state index in [9.17, 15) is 9.59 Å². The van der Waals surface area contributed by atoms with E-state index >= 15 is 0 Å². The zero-order valence-electron chi connectivity index (χ0n) is 11.0. The zero-order valence-corrected chi connectivity index (χ0v) is 11.0. The van der Waals surface area contributed by atoms with Crippen molar-refractivity contribution in [1.29, 1.82) is 0 Å². The highest BCUT2D eigenvalue weighted by atomic mass is 16.4. The van der Waals surface area contributed by atoms with E-state index < -0.39 is 5.97 Å². The molecular formula is C14H19NO4. The van der Waals surface area contributed by atoms with Gasteiger partial charge in [-0.05, 0) is 30.5 Å². The Labute approximate surface area is 112 Å². The lowest BCUT2D eigenvalue weighted by Crippen LogP contribution is -2.25. The SMILES string of the molecule is CN(Cc1ccc(O)cc1)C(=O)CCCCC(=O)O. The number of phenolic OH excluding ortho intramolecular Hbond substituents is 1. The number of hydrogen-bond acceptors (Lipinski definition) is 3. The number of phenols is 1. The summed E-state index contributed by atoms with van der Waals surface area (Å²) in [7, 11) is 1.71. The van der Waals surface area contributed by atoms with E-state index in [0.717, 1.165) is 5.56 Å². The number of carbonyl (C=O) groups excluding carboxylic acids is 1. The molecule has 0 aliphatic carbocycles. The number of aromatic hydroxyl groups is 1. The van der Waals surface area contributed by atoms with Gasteiger partial charge in [0.25, 0.3) is 0 Å². The Morgan fingerprint density at radius 2 is 1.68 bits per heavy atom. The Balaban J connectivity index is 2.32. The van der Waals surface area contributed by atoms with Gasteiger partial charge in [-0.1, -0.05) is 12.1 Å². The molecule has 0 saturated carbocycles. The van der Waals surface area contributed by atoms with E-state index in [-0.39, 0.29) is 18.1 Å². The number of aliphatic carboxylic acids is 1. The number of hydrogen-bond donors (Lipinski definition) is 2. The van der Waals surface area contributed by atoms with Crippen molar-refractivity contribution in [3.05, 3.63) is 29.8 Å². The molecule has 19 heavy (non-hydrogen) atoms. The first-order valence-electron chi connectivity index (χ1n) is 6.22. The van der Waals surface area contributed by atoms with Crippen LogP contribution in [0.15, 0.2) is 24.3 Å². The van der Waals surface area contributed by atoms with Crippen LogP contribution in [0, 0.1) is 0 Å². The summed E-state index contributed by atoms with van der Waals surface area (Å²) in [5.74, 6) is -0.630. The molecule has 5 heteroatoms. The van der Waals surface area contributed by atoms with E-state index in [1.807, 2.05) is 0 Å². The summed E-state index contributed by atoms with van der Waals surface area (Å²) in [5, 5.41) is 17.6. The maximum absolute atomic E-state index is 11.8. The molecule has 1 amide bonds. The molecule has 0 unspecified atom stereocenters. The van der Waals surface area contributed by atoms with E-state index in [4.69, 9.17) is 10.2 Å². The number of rotatable bonds is 7. The lowest BCUT2D eigenvalue weighted by Gasteiger charge is -2.17. The van der Waals surface area contributed by atoms with E-state index in [1.165, 1.54) is 0 Å². The van der Waals surface area contributed by atoms with Crippen LogP contribution < -0.4 is 0 Å². The normalized spacial score (nSPS) is 10.2. The van der Waals surface area contributed by atoms with Gasteiger partial charge in [-0.3, -0.25) is 9.59 Å². The fraction of sp³-hybridized carbons (Fsp3) is 0.429. The predicted octanol–water partition coefficient (Wildman–Crippen LogP) is 2.00. The number of amides is 1. The molecule has 0 spiro atoms. The Kier molecular flexibility index (Phi) is 5.85. The fourth-order valence-electron chi connectivity index (χ4n) is 1.71. The van der Waals surface area contributed by atoms with Crippen molar-refractivity contribution in [2.75, 3.05) is 7.05 Å². The maximum atomic E-state index is 11.8. The summed E-state index contributed by atoms with van der Waals surface area (Å²) in [4.78, 5) is 23.7. The standard InChI is InChI=1S/C14H19NO4/c1-15(10-11-6-8-12(16)9-7-11)13(17)4-2-3-5-14(18)19/h6-9,16H,2-5,10H2,1H3,(H,18,19). The van der Waals surface area contributed by atoms with Crippen molar-refractivity contribution in [2.24, 2.45) is 0 Å². The van der Waals surface area contributed by atoms with Crippen LogP contribution in [-0.4, -0.2) is 34.0 Å². The molecule has 0 bridgehead atoms. The van der Waals surface area contributed by atoms with Gasteiger partial charge in [-0.15, -0.1) is 0 Å². The van der Waals surface area contributed by atoms with Crippen LogP contribution in [-0.2, 0) is 16.1 Å². The molecule has 0 heterocycles. The third kappa shape index (κ3) is 5.90. The van der Waals surface area contributed by atoms with E-state index in [0.29, 0.717) is 25.8 Å². The van der Waals surface area contributed by atoms with Crippen molar-refractivity contribution in [2.45, 2.75) is 32.2 Å². The smallest absolute Gasteiger partial charge is 0.303 e. The number of carbonyl (C=O) groups is 2. The number of unbranched alkanes of at least 4 members (excludes halogenated alkanes) is 1. The molecule has 0 fully saturated rings. The molecule has 0 atom stereocenters. The average molecular weight is 265 g/mol. The zero-order chi connectivity index (χ0) is 14.3. The summed E-state index contributed by atoms with van der Waals surface area (Å²) >= 11 is 0. The highest BCUT2D eigenvalue weighted by Crippen LogP contribution is 2.12. The molecule has 104 valence electrons. The number of benzene rings is 1. The highest BCUT2D eigenvalue weighted by Gasteiger charge is 2.09. The second-order valence-corrected chi connectivity index (χ2v) is 4.52. The van der Waals surface area contributed by atoms with Gasteiger partial charge in [-0.2, -0.15) is 0 Å². The number of carboxylic acids is 1. The van der Waals surface area contributed by atoms with Crippen LogP contribution >= 0.6 is 0 Å². The lowest BCUT2D eigenvalue weighted by atomic mass is 10.1. The molecule has 1 aromatic carbocycles. The third-order valence-electron chi connectivity index (χ3n) is 2.81. The average Bonchev–Trinajstić information content (AvgIpc) is 2.36. The van der Waals surface area contributed by atoms with Gasteiger partial charge < -0.3 is 15.1 Å². The summed E-state index contributed by atoms with van der Waals surface area (Å²) in [6, 6.07) is 6.70.